The van der Waals surface area contributed by atoms with Gasteiger partial charge in [0.05, 0.1) is 22.2 Å². The molecule has 10 heteroatoms. The van der Waals surface area contributed by atoms with Crippen molar-refractivity contribution in [2.24, 2.45) is 0 Å². The second-order valence-electron chi connectivity index (χ2n) is 5.87. The van der Waals surface area contributed by atoms with Gasteiger partial charge in [-0.2, -0.15) is 0 Å². The summed E-state index contributed by atoms with van der Waals surface area (Å²) in [6.45, 7) is 6.50. The summed E-state index contributed by atoms with van der Waals surface area (Å²) in [6.07, 6.45) is 0.184. The molecule has 2 heterocycles. The van der Waals surface area contributed by atoms with Gasteiger partial charge in [-0.05, 0) is 39.3 Å². The third-order valence-corrected chi connectivity index (χ3v) is 4.32. The molecule has 2 aromatic heterocycles. The highest BCUT2D eigenvalue weighted by molar-refractivity contribution is 6.36. The first-order valence-corrected chi connectivity index (χ1v) is 9.10. The molecule has 0 spiro atoms. The van der Waals surface area contributed by atoms with Gasteiger partial charge >= 0.3 is 11.9 Å². The lowest BCUT2D eigenvalue weighted by Gasteiger charge is -2.14. The summed E-state index contributed by atoms with van der Waals surface area (Å²) in [6, 6.07) is 1.42. The Morgan fingerprint density at radius 2 is 1.93 bits per heavy atom. The van der Waals surface area contributed by atoms with Gasteiger partial charge in [-0.3, -0.25) is 4.79 Å². The fourth-order valence-electron chi connectivity index (χ4n) is 2.46. The van der Waals surface area contributed by atoms with Gasteiger partial charge < -0.3 is 19.8 Å². The number of anilines is 1. The van der Waals surface area contributed by atoms with Crippen LogP contribution in [0, 0.1) is 13.8 Å². The average molecular weight is 428 g/mol. The van der Waals surface area contributed by atoms with Crippen LogP contribution in [0.25, 0.3) is 0 Å². The summed E-state index contributed by atoms with van der Waals surface area (Å²) in [5, 5.41) is 2.93. The molecule has 0 aliphatic carbocycles. The number of carbonyl (C=O) groups is 3. The molecule has 1 atom stereocenters. The molecule has 1 unspecified atom stereocenters. The molecule has 2 rings (SSSR count). The normalized spacial score (nSPS) is 11.6. The second-order valence-corrected chi connectivity index (χ2v) is 6.71. The number of nitrogens with zero attached hydrogens (tertiary/aromatic N) is 1. The summed E-state index contributed by atoms with van der Waals surface area (Å²) in [5.41, 5.74) is 1.16. The first-order valence-electron chi connectivity index (χ1n) is 8.34. The number of aromatic nitrogens is 2. The summed E-state index contributed by atoms with van der Waals surface area (Å²) in [4.78, 5) is 43.5. The van der Waals surface area contributed by atoms with Crippen LogP contribution < -0.4 is 5.32 Å². The minimum absolute atomic E-state index is 0.0950. The smallest absolute Gasteiger partial charge is 0.355 e. The van der Waals surface area contributed by atoms with Crippen molar-refractivity contribution in [3.8, 4) is 0 Å². The van der Waals surface area contributed by atoms with E-state index in [4.69, 9.17) is 32.7 Å². The minimum Gasteiger partial charge on any atom is -0.461 e. The van der Waals surface area contributed by atoms with Crippen LogP contribution in [0.2, 0.25) is 10.0 Å². The molecule has 28 heavy (non-hydrogen) atoms. The standard InChI is InChI=1S/C18H19Cl2N3O5/c1-5-27-18(26)14-8(2)13(9(3)22-14)17(25)28-10(4)16(24)23-15-12(20)6-11(19)7-21-15/h6-7,10,22H,5H2,1-4H3,(H,21,23,24). The third-order valence-electron chi connectivity index (χ3n) is 3.82. The van der Waals surface area contributed by atoms with Crippen LogP contribution in [-0.4, -0.2) is 40.5 Å². The molecule has 0 saturated heterocycles. The Bertz CT molecular complexity index is 926. The van der Waals surface area contributed by atoms with Crippen LogP contribution in [0.4, 0.5) is 5.82 Å². The van der Waals surface area contributed by atoms with Gasteiger partial charge in [-0.25, -0.2) is 14.6 Å². The van der Waals surface area contributed by atoms with E-state index in [0.29, 0.717) is 16.3 Å². The topological polar surface area (TPSA) is 110 Å². The van der Waals surface area contributed by atoms with Crippen molar-refractivity contribution in [1.82, 2.24) is 9.97 Å². The average Bonchev–Trinajstić information content (AvgIpc) is 2.92. The van der Waals surface area contributed by atoms with Gasteiger partial charge in [0, 0.05) is 11.9 Å². The molecule has 0 aliphatic rings. The number of aromatic amines is 1. The van der Waals surface area contributed by atoms with Gasteiger partial charge in [0.25, 0.3) is 5.91 Å². The Morgan fingerprint density at radius 1 is 1.25 bits per heavy atom. The number of amides is 1. The Balaban J connectivity index is 2.11. The molecule has 0 aromatic carbocycles. The van der Waals surface area contributed by atoms with Gasteiger partial charge in [0.2, 0.25) is 0 Å². The number of ether oxygens (including phenoxy) is 2. The number of aryl methyl sites for hydroxylation is 1. The highest BCUT2D eigenvalue weighted by atomic mass is 35.5. The second kappa shape index (κ2) is 9.07. The van der Waals surface area contributed by atoms with Crippen molar-refractivity contribution in [3.05, 3.63) is 44.8 Å². The lowest BCUT2D eigenvalue weighted by molar-refractivity contribution is -0.123. The number of rotatable bonds is 6. The van der Waals surface area contributed by atoms with Gasteiger partial charge in [-0.15, -0.1) is 0 Å². The first-order chi connectivity index (χ1) is 13.1. The van der Waals surface area contributed by atoms with Crippen molar-refractivity contribution in [2.45, 2.75) is 33.8 Å². The molecule has 0 bridgehead atoms. The molecule has 1 amide bonds. The van der Waals surface area contributed by atoms with Gasteiger partial charge in [0.1, 0.15) is 5.69 Å². The fraction of sp³-hybridized carbons (Fsp3) is 0.333. The number of carbonyl (C=O) groups excluding carboxylic acids is 3. The molecular weight excluding hydrogens is 409 g/mol. The zero-order valence-corrected chi connectivity index (χ0v) is 17.2. The predicted molar refractivity (Wildman–Crippen MR) is 104 cm³/mol. The number of hydrogen-bond acceptors (Lipinski definition) is 6. The molecular formula is C18H19Cl2N3O5. The maximum atomic E-state index is 12.5. The Labute approximate surface area is 171 Å². The molecule has 8 nitrogen and oxygen atoms in total. The number of esters is 2. The Kier molecular flexibility index (Phi) is 7.04. The zero-order valence-electron chi connectivity index (χ0n) is 15.7. The summed E-state index contributed by atoms with van der Waals surface area (Å²) in [7, 11) is 0. The van der Waals surface area contributed by atoms with Crippen LogP contribution in [0.15, 0.2) is 12.3 Å². The van der Waals surface area contributed by atoms with Crippen molar-refractivity contribution in [3.63, 3.8) is 0 Å². The number of pyridine rings is 1. The molecule has 0 fully saturated rings. The van der Waals surface area contributed by atoms with E-state index < -0.39 is 23.9 Å². The van der Waals surface area contributed by atoms with E-state index in [-0.39, 0.29) is 28.7 Å². The van der Waals surface area contributed by atoms with E-state index in [9.17, 15) is 14.4 Å². The van der Waals surface area contributed by atoms with E-state index in [0.717, 1.165) is 0 Å². The number of hydrogen-bond donors (Lipinski definition) is 2. The lowest BCUT2D eigenvalue weighted by atomic mass is 10.1. The quantitative estimate of drug-likeness (QED) is 0.679. The van der Waals surface area contributed by atoms with E-state index in [1.807, 2.05) is 0 Å². The van der Waals surface area contributed by atoms with Crippen molar-refractivity contribution in [2.75, 3.05) is 11.9 Å². The first kappa shape index (κ1) is 21.7. The predicted octanol–water partition coefficient (Wildman–Crippen LogP) is 3.69. The number of nitrogens with one attached hydrogen (secondary N) is 2. The van der Waals surface area contributed by atoms with Gasteiger partial charge in [-0.1, -0.05) is 23.2 Å². The molecule has 2 aromatic rings. The molecule has 0 radical (unpaired) electrons. The zero-order chi connectivity index (χ0) is 21.0. The van der Waals surface area contributed by atoms with Crippen LogP contribution in [0.3, 0.4) is 0 Å². The van der Waals surface area contributed by atoms with Crippen LogP contribution >= 0.6 is 23.2 Å². The van der Waals surface area contributed by atoms with E-state index in [2.05, 4.69) is 15.3 Å². The molecule has 0 saturated carbocycles. The largest absolute Gasteiger partial charge is 0.461 e. The Hall–Kier alpha value is -2.58. The third kappa shape index (κ3) is 4.82. The summed E-state index contributed by atoms with van der Waals surface area (Å²) >= 11 is 11.7. The monoisotopic (exact) mass is 427 g/mol. The number of H-pyrrole nitrogens is 1. The lowest BCUT2D eigenvalue weighted by Crippen LogP contribution is -2.30. The maximum Gasteiger partial charge on any atom is 0.355 e. The van der Waals surface area contributed by atoms with Crippen LogP contribution in [0.1, 0.15) is 46.0 Å². The highest BCUT2D eigenvalue weighted by Crippen LogP contribution is 2.23. The van der Waals surface area contributed by atoms with Gasteiger partial charge in [0.15, 0.2) is 11.9 Å². The maximum absolute atomic E-state index is 12.5. The summed E-state index contributed by atoms with van der Waals surface area (Å²) in [5.74, 6) is -1.85. The SMILES string of the molecule is CCOC(=O)c1[nH]c(C)c(C(=O)OC(C)C(=O)Nc2ncc(Cl)cc2Cl)c1C. The number of halogens is 2. The van der Waals surface area contributed by atoms with Crippen molar-refractivity contribution < 1.29 is 23.9 Å². The fourth-order valence-corrected chi connectivity index (χ4v) is 2.89. The van der Waals surface area contributed by atoms with E-state index >= 15 is 0 Å². The highest BCUT2D eigenvalue weighted by Gasteiger charge is 2.27. The summed E-state index contributed by atoms with van der Waals surface area (Å²) < 4.78 is 10.2. The van der Waals surface area contributed by atoms with Crippen molar-refractivity contribution >= 4 is 46.9 Å². The molecule has 2 N–H and O–H groups in total. The molecule has 150 valence electrons. The van der Waals surface area contributed by atoms with Crippen molar-refractivity contribution in [1.29, 1.82) is 0 Å². The van der Waals surface area contributed by atoms with Crippen LogP contribution in [-0.2, 0) is 14.3 Å². The van der Waals surface area contributed by atoms with E-state index in [1.54, 1.807) is 20.8 Å². The van der Waals surface area contributed by atoms with E-state index in [1.165, 1.54) is 19.2 Å². The molecule has 0 aliphatic heterocycles. The minimum atomic E-state index is -1.14. The van der Waals surface area contributed by atoms with Crippen LogP contribution in [0.5, 0.6) is 0 Å². The Morgan fingerprint density at radius 3 is 2.54 bits per heavy atom.